The van der Waals surface area contributed by atoms with Crippen molar-refractivity contribution in [3.05, 3.63) is 240 Å². The normalized spacial score (nSPS) is 14.0. The van der Waals surface area contributed by atoms with Gasteiger partial charge in [-0.15, -0.1) is 0 Å². The van der Waals surface area contributed by atoms with Gasteiger partial charge in [0.15, 0.2) is 5.82 Å². The minimum Gasteiger partial charge on any atom is -0.457 e. The molecule has 1 spiro atoms. The summed E-state index contributed by atoms with van der Waals surface area (Å²) in [5.74, 6) is 2.29. The Kier molecular flexibility index (Phi) is 8.06. The van der Waals surface area contributed by atoms with Crippen LogP contribution in [0.3, 0.4) is 0 Å². The third-order valence-corrected chi connectivity index (χ3v) is 12.4. The summed E-state index contributed by atoms with van der Waals surface area (Å²) in [5, 5.41) is 0. The van der Waals surface area contributed by atoms with Gasteiger partial charge in [-0.2, -0.15) is 0 Å². The summed E-state index contributed by atoms with van der Waals surface area (Å²) in [6.45, 7) is 4.69. The van der Waals surface area contributed by atoms with Gasteiger partial charge in [0.25, 0.3) is 0 Å². The molecule has 0 N–H and O–H groups in total. The van der Waals surface area contributed by atoms with Gasteiger partial charge in [-0.25, -0.2) is 9.97 Å². The van der Waals surface area contributed by atoms with Crippen LogP contribution in [0.4, 0.5) is 0 Å². The zero-order valence-corrected chi connectivity index (χ0v) is 32.9. The van der Waals surface area contributed by atoms with Gasteiger partial charge < -0.3 is 4.74 Å². The van der Waals surface area contributed by atoms with E-state index in [1.807, 2.05) is 0 Å². The number of nitrogens with zero attached hydrogens (tertiary/aromatic N) is 2. The van der Waals surface area contributed by atoms with Crippen molar-refractivity contribution in [2.75, 3.05) is 0 Å². The summed E-state index contributed by atoms with van der Waals surface area (Å²) in [4.78, 5) is 10.7. The largest absolute Gasteiger partial charge is 0.457 e. The standard InChI is InChI=1S/C56H40N2O/c1-55(2)44-25-9-11-27-46(44)56(47-28-12-10-26-45(47)55)48-29-13-14-30-52(48)59-53-35-43(31-32-49(53)56)54-57-50(41-23-15-21-39(33-41)37-17-5-3-6-18-37)36-51(58-54)42-24-16-22-40(34-42)38-19-7-4-8-20-38/h3-36H,1-2H3. The van der Waals surface area contributed by atoms with Crippen LogP contribution in [0, 0.1) is 0 Å². The maximum Gasteiger partial charge on any atom is 0.160 e. The van der Waals surface area contributed by atoms with E-state index in [4.69, 9.17) is 14.7 Å². The third kappa shape index (κ3) is 5.57. The van der Waals surface area contributed by atoms with E-state index >= 15 is 0 Å². The van der Waals surface area contributed by atoms with Crippen LogP contribution in [0.2, 0.25) is 0 Å². The third-order valence-electron chi connectivity index (χ3n) is 12.4. The molecule has 0 bridgehead atoms. The Morgan fingerprint density at radius 2 is 0.763 bits per heavy atom. The molecule has 0 atom stereocenters. The van der Waals surface area contributed by atoms with Gasteiger partial charge in [-0.05, 0) is 74.8 Å². The zero-order valence-electron chi connectivity index (χ0n) is 32.9. The van der Waals surface area contributed by atoms with Crippen LogP contribution in [0.25, 0.3) is 56.2 Å². The predicted octanol–water partition coefficient (Wildman–Crippen LogP) is 13.9. The number of rotatable bonds is 5. The maximum atomic E-state index is 6.95. The van der Waals surface area contributed by atoms with Gasteiger partial charge in [0, 0.05) is 33.2 Å². The Labute approximate surface area is 345 Å². The fraction of sp³-hybridized carbons (Fsp3) is 0.0714. The summed E-state index contributed by atoms with van der Waals surface area (Å²) >= 11 is 0. The molecule has 3 heteroatoms. The Morgan fingerprint density at radius 3 is 1.32 bits per heavy atom. The summed E-state index contributed by atoms with van der Waals surface area (Å²) in [6.07, 6.45) is 0. The lowest BCUT2D eigenvalue weighted by Gasteiger charge is -2.50. The molecule has 2 aliphatic rings. The molecule has 9 aromatic rings. The number of para-hydroxylation sites is 1. The first-order chi connectivity index (χ1) is 29.0. The first-order valence-electron chi connectivity index (χ1n) is 20.3. The van der Waals surface area contributed by atoms with Crippen LogP contribution in [0.5, 0.6) is 11.5 Å². The number of ether oxygens (including phenoxy) is 1. The molecule has 0 saturated carbocycles. The molecule has 0 amide bonds. The average molecular weight is 757 g/mol. The molecule has 1 aliphatic heterocycles. The SMILES string of the molecule is CC1(C)c2ccccc2C2(c3ccccc3Oc3cc(-c4nc(-c5cccc(-c6ccccc6)c5)cc(-c5cccc(-c6ccccc6)c5)n4)ccc32)c2ccccc21. The first-order valence-corrected chi connectivity index (χ1v) is 20.3. The lowest BCUT2D eigenvalue weighted by Crippen LogP contribution is -2.43. The van der Waals surface area contributed by atoms with Crippen LogP contribution in [0.15, 0.2) is 206 Å². The zero-order chi connectivity index (χ0) is 39.6. The van der Waals surface area contributed by atoms with Crippen LogP contribution >= 0.6 is 0 Å². The van der Waals surface area contributed by atoms with Crippen molar-refractivity contribution in [2.45, 2.75) is 24.7 Å². The summed E-state index contributed by atoms with van der Waals surface area (Å²) in [7, 11) is 0. The second kappa shape index (κ2) is 13.6. The van der Waals surface area contributed by atoms with Crippen molar-refractivity contribution in [1.29, 1.82) is 0 Å². The van der Waals surface area contributed by atoms with E-state index in [0.29, 0.717) is 5.82 Å². The minimum atomic E-state index is -0.588. The highest BCUT2D eigenvalue weighted by Crippen LogP contribution is 2.61. The number of fused-ring (bicyclic) bond motifs is 8. The fourth-order valence-electron chi connectivity index (χ4n) is 9.61. The lowest BCUT2D eigenvalue weighted by molar-refractivity contribution is 0.425. The Bertz CT molecular complexity index is 2910. The van der Waals surface area contributed by atoms with Gasteiger partial charge >= 0.3 is 0 Å². The van der Waals surface area contributed by atoms with Crippen molar-refractivity contribution in [3.63, 3.8) is 0 Å². The molecular weight excluding hydrogens is 717 g/mol. The molecule has 3 nitrogen and oxygen atoms in total. The molecule has 0 unspecified atom stereocenters. The Hall–Kier alpha value is -7.36. The molecule has 1 aliphatic carbocycles. The van der Waals surface area contributed by atoms with Gasteiger partial charge in [0.1, 0.15) is 11.5 Å². The van der Waals surface area contributed by atoms with Crippen molar-refractivity contribution in [3.8, 4) is 67.7 Å². The highest BCUT2D eigenvalue weighted by molar-refractivity contribution is 5.80. The lowest BCUT2D eigenvalue weighted by atomic mass is 9.53. The summed E-state index contributed by atoms with van der Waals surface area (Å²) in [5.41, 5.74) is 15.9. The second-order valence-electron chi connectivity index (χ2n) is 16.1. The van der Waals surface area contributed by atoms with E-state index in [9.17, 15) is 0 Å². The van der Waals surface area contributed by atoms with E-state index in [1.165, 1.54) is 22.3 Å². The minimum absolute atomic E-state index is 0.188. The molecule has 2 heterocycles. The summed E-state index contributed by atoms with van der Waals surface area (Å²) in [6, 6.07) is 73.5. The Balaban J connectivity index is 1.12. The quantitative estimate of drug-likeness (QED) is 0.175. The molecule has 0 radical (unpaired) electrons. The van der Waals surface area contributed by atoms with Crippen molar-refractivity contribution < 1.29 is 4.74 Å². The monoisotopic (exact) mass is 756 g/mol. The fourth-order valence-corrected chi connectivity index (χ4v) is 9.61. The number of benzene rings is 8. The molecule has 0 saturated heterocycles. The van der Waals surface area contributed by atoms with E-state index < -0.39 is 5.41 Å². The number of hydrogen-bond acceptors (Lipinski definition) is 3. The van der Waals surface area contributed by atoms with Gasteiger partial charge in [0.2, 0.25) is 0 Å². The number of aromatic nitrogens is 2. The Morgan fingerprint density at radius 1 is 0.322 bits per heavy atom. The van der Waals surface area contributed by atoms with E-state index in [0.717, 1.165) is 73.0 Å². The predicted molar refractivity (Wildman–Crippen MR) is 240 cm³/mol. The first kappa shape index (κ1) is 34.9. The van der Waals surface area contributed by atoms with Gasteiger partial charge in [-0.3, -0.25) is 0 Å². The molecule has 280 valence electrons. The van der Waals surface area contributed by atoms with E-state index in [-0.39, 0.29) is 5.41 Å². The van der Waals surface area contributed by atoms with Crippen molar-refractivity contribution in [2.24, 2.45) is 0 Å². The topological polar surface area (TPSA) is 35.0 Å². The number of hydrogen-bond donors (Lipinski definition) is 0. The molecule has 11 rings (SSSR count). The van der Waals surface area contributed by atoms with Crippen LogP contribution in [-0.4, -0.2) is 9.97 Å². The molecule has 0 fully saturated rings. The molecule has 59 heavy (non-hydrogen) atoms. The second-order valence-corrected chi connectivity index (χ2v) is 16.1. The highest BCUT2D eigenvalue weighted by atomic mass is 16.5. The maximum absolute atomic E-state index is 6.95. The highest BCUT2D eigenvalue weighted by Gasteiger charge is 2.52. The smallest absolute Gasteiger partial charge is 0.160 e. The van der Waals surface area contributed by atoms with Crippen molar-refractivity contribution >= 4 is 0 Å². The average Bonchev–Trinajstić information content (AvgIpc) is 3.31. The molecular formula is C56H40N2O. The van der Waals surface area contributed by atoms with Gasteiger partial charge in [-0.1, -0.05) is 190 Å². The van der Waals surface area contributed by atoms with E-state index in [2.05, 4.69) is 220 Å². The molecule has 8 aromatic carbocycles. The van der Waals surface area contributed by atoms with E-state index in [1.54, 1.807) is 0 Å². The molecule has 1 aromatic heterocycles. The van der Waals surface area contributed by atoms with Gasteiger partial charge in [0.05, 0.1) is 16.8 Å². The summed E-state index contributed by atoms with van der Waals surface area (Å²) < 4.78 is 6.95. The van der Waals surface area contributed by atoms with Crippen LogP contribution < -0.4 is 4.74 Å². The van der Waals surface area contributed by atoms with Crippen LogP contribution in [-0.2, 0) is 10.8 Å². The van der Waals surface area contributed by atoms with Crippen molar-refractivity contribution in [1.82, 2.24) is 9.97 Å². The van der Waals surface area contributed by atoms with Crippen LogP contribution in [0.1, 0.15) is 47.2 Å².